The molecule has 0 aliphatic rings. The van der Waals surface area contributed by atoms with Crippen LogP contribution in [-0.4, -0.2) is 16.8 Å². The summed E-state index contributed by atoms with van der Waals surface area (Å²) in [5.74, 6) is 0.0907. The summed E-state index contributed by atoms with van der Waals surface area (Å²) in [7, 11) is 0. The third kappa shape index (κ3) is 7.36. The van der Waals surface area contributed by atoms with Gasteiger partial charge < -0.3 is 5.32 Å². The van der Waals surface area contributed by atoms with Crippen LogP contribution in [0.2, 0.25) is 0 Å². The molecule has 0 radical (unpaired) electrons. The van der Waals surface area contributed by atoms with Crippen molar-refractivity contribution in [2.24, 2.45) is 0 Å². The van der Waals surface area contributed by atoms with Crippen LogP contribution >= 0.6 is 15.9 Å². The summed E-state index contributed by atoms with van der Waals surface area (Å²) in [6, 6.07) is 0.305. The van der Waals surface area contributed by atoms with Crippen LogP contribution in [0.3, 0.4) is 0 Å². The summed E-state index contributed by atoms with van der Waals surface area (Å²) in [6.07, 6.45) is 6.15. The monoisotopic (exact) mass is 263 g/mol. The van der Waals surface area contributed by atoms with Crippen LogP contribution in [0.5, 0.6) is 0 Å². The fourth-order valence-corrected chi connectivity index (χ4v) is 1.44. The van der Waals surface area contributed by atoms with E-state index in [9.17, 15) is 4.79 Å². The first-order valence-corrected chi connectivity index (χ1v) is 6.44. The molecule has 0 fully saturated rings. The number of unbranched alkanes of at least 4 members (excludes halogenated alkanes) is 3. The van der Waals surface area contributed by atoms with Crippen molar-refractivity contribution in [1.29, 1.82) is 0 Å². The number of nitrogens with one attached hydrogen (secondary N) is 1. The molecule has 0 saturated carbocycles. The molecule has 1 N–H and O–H groups in total. The Bertz CT molecular complexity index is 159. The van der Waals surface area contributed by atoms with Gasteiger partial charge in [-0.05, 0) is 20.3 Å². The van der Waals surface area contributed by atoms with Crippen LogP contribution in [0.4, 0.5) is 0 Å². The van der Waals surface area contributed by atoms with Crippen molar-refractivity contribution in [2.75, 3.05) is 0 Å². The SMILES string of the molecule is CCCCCCC(C)NC(=O)C(C)Br. The standard InChI is InChI=1S/C11H22BrNO/c1-4-5-6-7-8-9(2)13-11(14)10(3)12/h9-10H,4-8H2,1-3H3,(H,13,14). The van der Waals surface area contributed by atoms with Gasteiger partial charge >= 0.3 is 0 Å². The van der Waals surface area contributed by atoms with Crippen molar-refractivity contribution < 1.29 is 4.79 Å². The maximum absolute atomic E-state index is 11.3. The lowest BCUT2D eigenvalue weighted by Crippen LogP contribution is -2.36. The van der Waals surface area contributed by atoms with Gasteiger partial charge in [0.1, 0.15) is 0 Å². The van der Waals surface area contributed by atoms with E-state index < -0.39 is 0 Å². The van der Waals surface area contributed by atoms with Gasteiger partial charge in [0.2, 0.25) is 5.91 Å². The molecule has 84 valence electrons. The van der Waals surface area contributed by atoms with Crippen LogP contribution in [0.25, 0.3) is 0 Å². The van der Waals surface area contributed by atoms with Crippen LogP contribution in [0.1, 0.15) is 52.9 Å². The van der Waals surface area contributed by atoms with Crippen LogP contribution in [0.15, 0.2) is 0 Å². The summed E-state index contributed by atoms with van der Waals surface area (Å²) < 4.78 is 0. The smallest absolute Gasteiger partial charge is 0.233 e. The van der Waals surface area contributed by atoms with E-state index in [0.29, 0.717) is 6.04 Å². The Morgan fingerprint density at radius 1 is 1.29 bits per heavy atom. The van der Waals surface area contributed by atoms with Gasteiger partial charge in [0, 0.05) is 6.04 Å². The summed E-state index contributed by atoms with van der Waals surface area (Å²) in [4.78, 5) is 11.2. The number of carbonyl (C=O) groups excluding carboxylic acids is 1. The van der Waals surface area contributed by atoms with Crippen molar-refractivity contribution in [2.45, 2.75) is 63.7 Å². The van der Waals surface area contributed by atoms with Crippen LogP contribution < -0.4 is 5.32 Å². The molecule has 0 heterocycles. The Morgan fingerprint density at radius 2 is 1.93 bits per heavy atom. The second-order valence-corrected chi connectivity index (χ2v) is 5.25. The average molecular weight is 264 g/mol. The molecule has 0 aromatic carbocycles. The Labute approximate surface area is 96.0 Å². The van der Waals surface area contributed by atoms with Gasteiger partial charge in [-0.25, -0.2) is 0 Å². The number of amides is 1. The second kappa shape index (κ2) is 8.27. The maximum Gasteiger partial charge on any atom is 0.233 e. The molecule has 0 spiro atoms. The molecule has 2 unspecified atom stereocenters. The Morgan fingerprint density at radius 3 is 2.43 bits per heavy atom. The second-order valence-electron chi connectivity index (χ2n) is 3.87. The predicted molar refractivity (Wildman–Crippen MR) is 64.8 cm³/mol. The number of hydrogen-bond acceptors (Lipinski definition) is 1. The first-order chi connectivity index (χ1) is 6.57. The normalized spacial score (nSPS) is 14.9. The zero-order valence-corrected chi connectivity index (χ0v) is 11.1. The number of rotatable bonds is 7. The molecule has 0 aromatic heterocycles. The van der Waals surface area contributed by atoms with Crippen molar-refractivity contribution in [3.05, 3.63) is 0 Å². The average Bonchev–Trinajstić information content (AvgIpc) is 2.12. The van der Waals surface area contributed by atoms with E-state index in [0.717, 1.165) is 6.42 Å². The first kappa shape index (κ1) is 13.9. The summed E-state index contributed by atoms with van der Waals surface area (Å²) >= 11 is 3.25. The van der Waals surface area contributed by atoms with E-state index >= 15 is 0 Å². The van der Waals surface area contributed by atoms with E-state index in [1.807, 2.05) is 6.92 Å². The number of hydrogen-bond donors (Lipinski definition) is 1. The van der Waals surface area contributed by atoms with Crippen LogP contribution in [-0.2, 0) is 4.79 Å². The number of alkyl halides is 1. The third-order valence-corrected chi connectivity index (χ3v) is 2.66. The molecule has 14 heavy (non-hydrogen) atoms. The molecule has 2 atom stereocenters. The first-order valence-electron chi connectivity index (χ1n) is 5.52. The van der Waals surface area contributed by atoms with Crippen LogP contribution in [0, 0.1) is 0 Å². The minimum absolute atomic E-state index is 0.0828. The zero-order chi connectivity index (χ0) is 11.0. The highest BCUT2D eigenvalue weighted by Gasteiger charge is 2.11. The fourth-order valence-electron chi connectivity index (χ4n) is 1.31. The maximum atomic E-state index is 11.3. The summed E-state index contributed by atoms with van der Waals surface area (Å²) in [6.45, 7) is 6.12. The highest BCUT2D eigenvalue weighted by molar-refractivity contribution is 9.10. The van der Waals surface area contributed by atoms with Gasteiger partial charge in [-0.1, -0.05) is 48.5 Å². The lowest BCUT2D eigenvalue weighted by molar-refractivity contribution is -0.120. The van der Waals surface area contributed by atoms with Gasteiger partial charge in [0.15, 0.2) is 0 Å². The molecular weight excluding hydrogens is 242 g/mol. The molecule has 2 nitrogen and oxygen atoms in total. The molecule has 0 aromatic rings. The van der Waals surface area contributed by atoms with E-state index in [4.69, 9.17) is 0 Å². The highest BCUT2D eigenvalue weighted by Crippen LogP contribution is 2.06. The van der Waals surface area contributed by atoms with Gasteiger partial charge in [-0.2, -0.15) is 0 Å². The quantitative estimate of drug-likeness (QED) is 0.555. The van der Waals surface area contributed by atoms with E-state index in [1.165, 1.54) is 25.7 Å². The van der Waals surface area contributed by atoms with Gasteiger partial charge in [-0.15, -0.1) is 0 Å². The number of halogens is 1. The molecular formula is C11H22BrNO. The van der Waals surface area contributed by atoms with Gasteiger partial charge in [0.05, 0.1) is 4.83 Å². The van der Waals surface area contributed by atoms with Gasteiger partial charge in [0.25, 0.3) is 0 Å². The Kier molecular flexibility index (Phi) is 8.24. The van der Waals surface area contributed by atoms with E-state index in [1.54, 1.807) is 0 Å². The molecule has 1 amide bonds. The lowest BCUT2D eigenvalue weighted by atomic mass is 10.1. The van der Waals surface area contributed by atoms with Crippen molar-refractivity contribution in [3.8, 4) is 0 Å². The minimum Gasteiger partial charge on any atom is -0.353 e. The molecule has 0 bridgehead atoms. The Balaban J connectivity index is 3.45. The van der Waals surface area contributed by atoms with E-state index in [-0.39, 0.29) is 10.7 Å². The van der Waals surface area contributed by atoms with Gasteiger partial charge in [-0.3, -0.25) is 4.79 Å². The summed E-state index contributed by atoms with van der Waals surface area (Å²) in [5, 5.41) is 2.97. The predicted octanol–water partition coefficient (Wildman–Crippen LogP) is 3.24. The highest BCUT2D eigenvalue weighted by atomic mass is 79.9. The number of carbonyl (C=O) groups is 1. The fraction of sp³-hybridized carbons (Fsp3) is 0.909. The van der Waals surface area contributed by atoms with Crippen molar-refractivity contribution >= 4 is 21.8 Å². The van der Waals surface area contributed by atoms with Crippen molar-refractivity contribution in [3.63, 3.8) is 0 Å². The topological polar surface area (TPSA) is 29.1 Å². The zero-order valence-electron chi connectivity index (χ0n) is 9.48. The molecule has 0 rings (SSSR count). The third-order valence-electron chi connectivity index (χ3n) is 2.24. The molecule has 0 saturated heterocycles. The molecule has 0 aliphatic carbocycles. The minimum atomic E-state index is -0.0828. The Hall–Kier alpha value is -0.0500. The summed E-state index contributed by atoms with van der Waals surface area (Å²) in [5.41, 5.74) is 0. The van der Waals surface area contributed by atoms with Crippen molar-refractivity contribution in [1.82, 2.24) is 5.32 Å². The lowest BCUT2D eigenvalue weighted by Gasteiger charge is -2.14. The molecule has 0 aliphatic heterocycles. The molecule has 3 heteroatoms. The van der Waals surface area contributed by atoms with E-state index in [2.05, 4.69) is 35.1 Å². The largest absolute Gasteiger partial charge is 0.353 e.